The SMILES string of the molecule is O=C(c1ccccc1-n1nccn1)N1CC2C[C@@H](Oc3cnc(C(F)(F)F)cn3)[C@@H]1C2. The Morgan fingerprint density at radius 3 is 2.52 bits per heavy atom. The summed E-state index contributed by atoms with van der Waals surface area (Å²) in [7, 11) is 0. The van der Waals surface area contributed by atoms with Crippen LogP contribution >= 0.6 is 0 Å². The smallest absolute Gasteiger partial charge is 0.434 e. The van der Waals surface area contributed by atoms with Gasteiger partial charge in [0.2, 0.25) is 5.88 Å². The van der Waals surface area contributed by atoms with Crippen LogP contribution in [0, 0.1) is 5.92 Å². The van der Waals surface area contributed by atoms with E-state index in [9.17, 15) is 18.0 Å². The molecule has 8 nitrogen and oxygen atoms in total. The predicted octanol–water partition coefficient (Wildman–Crippen LogP) is 2.76. The Kier molecular flexibility index (Phi) is 4.60. The first-order valence-electron chi connectivity index (χ1n) is 9.73. The highest BCUT2D eigenvalue weighted by Gasteiger charge is 2.49. The third-order valence-electron chi connectivity index (χ3n) is 5.65. The molecule has 5 rings (SSSR count). The van der Waals surface area contributed by atoms with Crippen LogP contribution < -0.4 is 4.74 Å². The van der Waals surface area contributed by atoms with Gasteiger partial charge in [-0.3, -0.25) is 4.79 Å². The summed E-state index contributed by atoms with van der Waals surface area (Å²) < 4.78 is 43.9. The van der Waals surface area contributed by atoms with Crippen molar-refractivity contribution in [3.63, 3.8) is 0 Å². The van der Waals surface area contributed by atoms with Gasteiger partial charge in [-0.05, 0) is 30.9 Å². The van der Waals surface area contributed by atoms with Crippen molar-refractivity contribution >= 4 is 5.91 Å². The van der Waals surface area contributed by atoms with Gasteiger partial charge < -0.3 is 9.64 Å². The molecule has 11 heteroatoms. The van der Waals surface area contributed by atoms with Gasteiger partial charge in [-0.15, -0.1) is 0 Å². The van der Waals surface area contributed by atoms with Crippen LogP contribution in [0.4, 0.5) is 13.2 Å². The predicted molar refractivity (Wildman–Crippen MR) is 100 cm³/mol. The van der Waals surface area contributed by atoms with Gasteiger partial charge in [0.25, 0.3) is 5.91 Å². The number of alkyl halides is 3. The molecule has 1 saturated carbocycles. The van der Waals surface area contributed by atoms with Gasteiger partial charge in [0.05, 0.1) is 42.1 Å². The number of hydrogen-bond acceptors (Lipinski definition) is 6. The summed E-state index contributed by atoms with van der Waals surface area (Å²) in [5.74, 6) is 0.114. The summed E-state index contributed by atoms with van der Waals surface area (Å²) in [5, 5.41) is 8.23. The van der Waals surface area contributed by atoms with Gasteiger partial charge in [-0.2, -0.15) is 28.2 Å². The van der Waals surface area contributed by atoms with Crippen molar-refractivity contribution in [3.05, 3.63) is 60.3 Å². The second kappa shape index (κ2) is 7.33. The molecular formula is C20H17F3N6O2. The lowest BCUT2D eigenvalue weighted by molar-refractivity contribution is -0.141. The Bertz CT molecular complexity index is 1090. The Balaban J connectivity index is 1.35. The number of nitrogens with zero attached hydrogens (tertiary/aromatic N) is 6. The van der Waals surface area contributed by atoms with Crippen molar-refractivity contribution in [2.24, 2.45) is 5.92 Å². The standard InChI is InChI=1S/C20H17F3N6O2/c21-20(22,23)17-9-25-18(10-24-17)31-16-8-12-7-15(16)28(11-12)19(30)13-3-1-2-4-14(13)29-26-5-6-27-29/h1-6,9-10,12,15-16H,7-8,11H2/t12?,15-,16+/m0/s1. The molecule has 0 radical (unpaired) electrons. The van der Waals surface area contributed by atoms with E-state index >= 15 is 0 Å². The maximum absolute atomic E-state index is 13.4. The van der Waals surface area contributed by atoms with E-state index < -0.39 is 11.9 Å². The zero-order valence-corrected chi connectivity index (χ0v) is 16.1. The van der Waals surface area contributed by atoms with Crippen LogP contribution in [0.2, 0.25) is 0 Å². The number of halogens is 3. The second-order valence-electron chi connectivity index (χ2n) is 7.59. The first kappa shape index (κ1) is 19.5. The molecule has 2 fully saturated rings. The van der Waals surface area contributed by atoms with E-state index in [2.05, 4.69) is 20.2 Å². The molecule has 3 aromatic rings. The molecule has 0 N–H and O–H groups in total. The molecule has 1 aliphatic carbocycles. The average Bonchev–Trinajstić information content (AvgIpc) is 3.50. The fourth-order valence-corrected chi connectivity index (χ4v) is 4.33. The van der Waals surface area contributed by atoms with Crippen molar-refractivity contribution in [2.45, 2.75) is 31.2 Å². The van der Waals surface area contributed by atoms with E-state index in [0.717, 1.165) is 12.6 Å². The third-order valence-corrected chi connectivity index (χ3v) is 5.65. The Morgan fingerprint density at radius 1 is 1.06 bits per heavy atom. The van der Waals surface area contributed by atoms with Crippen LogP contribution in [0.1, 0.15) is 28.9 Å². The molecule has 1 aliphatic heterocycles. The van der Waals surface area contributed by atoms with Gasteiger partial charge >= 0.3 is 6.18 Å². The molecule has 2 aromatic heterocycles. The van der Waals surface area contributed by atoms with Crippen molar-refractivity contribution in [1.29, 1.82) is 0 Å². The van der Waals surface area contributed by atoms with Gasteiger partial charge in [-0.1, -0.05) is 12.1 Å². The lowest BCUT2D eigenvalue weighted by Crippen LogP contribution is -2.47. The highest BCUT2D eigenvalue weighted by atomic mass is 19.4. The monoisotopic (exact) mass is 430 g/mol. The first-order valence-corrected chi connectivity index (χ1v) is 9.73. The highest BCUT2D eigenvalue weighted by Crippen LogP contribution is 2.40. The number of hydrogen-bond donors (Lipinski definition) is 0. The van der Waals surface area contributed by atoms with Gasteiger partial charge in [0.1, 0.15) is 6.10 Å². The molecular weight excluding hydrogens is 413 g/mol. The van der Waals surface area contributed by atoms with Crippen LogP contribution in [-0.4, -0.2) is 54.5 Å². The minimum atomic E-state index is -4.56. The van der Waals surface area contributed by atoms with Crippen LogP contribution in [0.5, 0.6) is 5.88 Å². The number of rotatable bonds is 4. The number of carbonyl (C=O) groups excluding carboxylic acids is 1. The summed E-state index contributed by atoms with van der Waals surface area (Å²) in [6.45, 7) is 0.600. The Hall–Kier alpha value is -3.50. The lowest BCUT2D eigenvalue weighted by atomic mass is 10.1. The maximum atomic E-state index is 13.4. The Morgan fingerprint density at radius 2 is 1.84 bits per heavy atom. The maximum Gasteiger partial charge on any atom is 0.434 e. The Labute approximate surface area is 174 Å². The molecule has 2 aliphatic rings. The van der Waals surface area contributed by atoms with Crippen molar-refractivity contribution in [3.8, 4) is 11.6 Å². The normalized spacial score (nSPS) is 22.7. The molecule has 3 atom stereocenters. The second-order valence-corrected chi connectivity index (χ2v) is 7.59. The molecule has 31 heavy (non-hydrogen) atoms. The molecule has 0 spiro atoms. The molecule has 1 amide bonds. The van der Waals surface area contributed by atoms with Crippen LogP contribution in [0.25, 0.3) is 5.69 Å². The number of fused-ring (bicyclic) bond motifs is 2. The number of aromatic nitrogens is 5. The minimum Gasteiger partial charge on any atom is -0.471 e. The molecule has 1 aromatic carbocycles. The van der Waals surface area contributed by atoms with Crippen molar-refractivity contribution in [2.75, 3.05) is 6.54 Å². The average molecular weight is 430 g/mol. The van der Waals surface area contributed by atoms with Gasteiger partial charge in [0.15, 0.2) is 5.69 Å². The fourth-order valence-electron chi connectivity index (χ4n) is 4.33. The van der Waals surface area contributed by atoms with E-state index in [1.807, 2.05) is 0 Å². The minimum absolute atomic E-state index is 0.0130. The summed E-state index contributed by atoms with van der Waals surface area (Å²) >= 11 is 0. The molecule has 1 saturated heterocycles. The number of carbonyl (C=O) groups is 1. The van der Waals surface area contributed by atoms with E-state index in [4.69, 9.17) is 4.74 Å². The number of piperidine rings is 1. The van der Waals surface area contributed by atoms with Crippen molar-refractivity contribution in [1.82, 2.24) is 29.9 Å². The van der Waals surface area contributed by atoms with Gasteiger partial charge in [-0.25, -0.2) is 9.97 Å². The van der Waals surface area contributed by atoms with Crippen LogP contribution in [0.15, 0.2) is 49.1 Å². The molecule has 1 unspecified atom stereocenters. The fraction of sp³-hybridized carbons (Fsp3) is 0.350. The number of para-hydroxylation sites is 1. The summed E-state index contributed by atoms with van der Waals surface area (Å²) in [6, 6.07) is 6.89. The largest absolute Gasteiger partial charge is 0.471 e. The molecule has 2 bridgehead atoms. The van der Waals surface area contributed by atoms with E-state index in [1.165, 1.54) is 17.2 Å². The number of amides is 1. The van der Waals surface area contributed by atoms with E-state index in [0.29, 0.717) is 30.4 Å². The zero-order chi connectivity index (χ0) is 21.6. The number of likely N-dealkylation sites (tertiary alicyclic amines) is 1. The van der Waals surface area contributed by atoms with Crippen molar-refractivity contribution < 1.29 is 22.7 Å². The summed E-state index contributed by atoms with van der Waals surface area (Å²) in [6.07, 6.45) is 1.26. The third kappa shape index (κ3) is 3.60. The first-order chi connectivity index (χ1) is 14.9. The summed E-state index contributed by atoms with van der Waals surface area (Å²) in [5.41, 5.74) is -0.0286. The quantitative estimate of drug-likeness (QED) is 0.633. The lowest BCUT2D eigenvalue weighted by Gasteiger charge is -2.33. The number of benzene rings is 1. The van der Waals surface area contributed by atoms with Crippen LogP contribution in [-0.2, 0) is 6.18 Å². The van der Waals surface area contributed by atoms with E-state index in [1.54, 1.807) is 29.2 Å². The van der Waals surface area contributed by atoms with Gasteiger partial charge in [0, 0.05) is 6.54 Å². The highest BCUT2D eigenvalue weighted by molar-refractivity contribution is 5.98. The van der Waals surface area contributed by atoms with Crippen LogP contribution in [0.3, 0.4) is 0 Å². The topological polar surface area (TPSA) is 86.0 Å². The van der Waals surface area contributed by atoms with E-state index in [-0.39, 0.29) is 29.9 Å². The molecule has 3 heterocycles. The summed E-state index contributed by atoms with van der Waals surface area (Å²) in [4.78, 5) is 23.6. The zero-order valence-electron chi connectivity index (χ0n) is 16.1. The number of ether oxygens (including phenoxy) is 1. The molecule has 160 valence electrons.